The molecule has 0 fully saturated rings. The number of methoxy groups -OCH3 is 1. The van der Waals surface area contributed by atoms with Gasteiger partial charge in [0.15, 0.2) is 0 Å². The molecule has 6 heteroatoms. The number of rotatable bonds is 4. The summed E-state index contributed by atoms with van der Waals surface area (Å²) in [4.78, 5) is 24.9. The first-order chi connectivity index (χ1) is 11.4. The highest BCUT2D eigenvalue weighted by Crippen LogP contribution is 2.39. The minimum absolute atomic E-state index is 0.246. The quantitative estimate of drug-likeness (QED) is 0.650. The molecule has 3 N–H and O–H groups in total. The minimum Gasteiger partial charge on any atom is -0.466 e. The van der Waals surface area contributed by atoms with Gasteiger partial charge in [0, 0.05) is 17.1 Å². The van der Waals surface area contributed by atoms with Gasteiger partial charge in [0.25, 0.3) is 0 Å². The van der Waals surface area contributed by atoms with Crippen LogP contribution in [0.4, 0.5) is 5.69 Å². The molecular formula is C18H22N2O4. The summed E-state index contributed by atoms with van der Waals surface area (Å²) in [5.41, 5.74) is 9.21. The Hall–Kier alpha value is -2.76. The molecule has 1 heterocycles. The van der Waals surface area contributed by atoms with Crippen molar-refractivity contribution in [2.45, 2.75) is 26.7 Å². The third-order valence-corrected chi connectivity index (χ3v) is 3.91. The van der Waals surface area contributed by atoms with Crippen molar-refractivity contribution in [3.05, 3.63) is 52.4 Å². The highest BCUT2D eigenvalue weighted by molar-refractivity contribution is 5.99. The maximum absolute atomic E-state index is 12.5. The van der Waals surface area contributed by atoms with Crippen LogP contribution >= 0.6 is 0 Å². The number of carbonyl (C=O) groups is 2. The number of nitrogen functional groups attached to an aromatic ring is 1. The van der Waals surface area contributed by atoms with Crippen LogP contribution in [-0.4, -0.2) is 25.7 Å². The van der Waals surface area contributed by atoms with E-state index < -0.39 is 17.9 Å². The second kappa shape index (κ2) is 7.21. The third kappa shape index (κ3) is 3.27. The Morgan fingerprint density at radius 1 is 1.17 bits per heavy atom. The molecule has 1 aliphatic rings. The van der Waals surface area contributed by atoms with Crippen molar-refractivity contribution in [1.29, 1.82) is 0 Å². The molecule has 0 saturated carbocycles. The molecule has 0 aliphatic carbocycles. The number of allylic oxidation sites excluding steroid dienone is 2. The highest BCUT2D eigenvalue weighted by Gasteiger charge is 2.37. The van der Waals surface area contributed by atoms with Crippen molar-refractivity contribution in [2.24, 2.45) is 0 Å². The SMILES string of the molecule is CCOC(=O)C1=C(C)NC(C)=C(C(=O)OC)[C@H]1c1cccc(N)c1. The summed E-state index contributed by atoms with van der Waals surface area (Å²) in [7, 11) is 1.31. The zero-order chi connectivity index (χ0) is 17.9. The number of dihydropyridines is 1. The second-order valence-corrected chi connectivity index (χ2v) is 5.52. The van der Waals surface area contributed by atoms with Gasteiger partial charge in [-0.05, 0) is 38.5 Å². The van der Waals surface area contributed by atoms with E-state index in [9.17, 15) is 9.59 Å². The van der Waals surface area contributed by atoms with E-state index in [1.807, 2.05) is 6.07 Å². The smallest absolute Gasteiger partial charge is 0.336 e. The topological polar surface area (TPSA) is 90.6 Å². The van der Waals surface area contributed by atoms with E-state index in [1.165, 1.54) is 7.11 Å². The van der Waals surface area contributed by atoms with E-state index in [0.717, 1.165) is 5.56 Å². The fraction of sp³-hybridized carbons (Fsp3) is 0.333. The Morgan fingerprint density at radius 3 is 2.33 bits per heavy atom. The zero-order valence-corrected chi connectivity index (χ0v) is 14.3. The summed E-state index contributed by atoms with van der Waals surface area (Å²) >= 11 is 0. The number of esters is 2. The Kier molecular flexibility index (Phi) is 5.28. The number of hydrogen-bond donors (Lipinski definition) is 2. The molecule has 0 unspecified atom stereocenters. The lowest BCUT2D eigenvalue weighted by atomic mass is 9.80. The third-order valence-electron chi connectivity index (χ3n) is 3.91. The molecule has 24 heavy (non-hydrogen) atoms. The minimum atomic E-state index is -0.596. The number of nitrogens with two attached hydrogens (primary N) is 1. The maximum atomic E-state index is 12.5. The van der Waals surface area contributed by atoms with Crippen LogP contribution in [0.25, 0.3) is 0 Å². The summed E-state index contributed by atoms with van der Waals surface area (Å²) in [5, 5.41) is 3.07. The van der Waals surface area contributed by atoms with Crippen LogP contribution in [0.5, 0.6) is 0 Å². The molecule has 128 valence electrons. The predicted octanol–water partition coefficient (Wildman–Crippen LogP) is 2.24. The first-order valence-electron chi connectivity index (χ1n) is 7.70. The first kappa shape index (κ1) is 17.6. The van der Waals surface area contributed by atoms with Crippen LogP contribution in [0, 0.1) is 0 Å². The number of hydrogen-bond acceptors (Lipinski definition) is 6. The number of benzene rings is 1. The standard InChI is InChI=1S/C18H22N2O4/c1-5-24-18(22)15-11(3)20-10(2)14(17(21)23-4)16(15)12-7-6-8-13(19)9-12/h6-9,16,20H,5,19H2,1-4H3/t16-/m1/s1. The van der Waals surface area contributed by atoms with Gasteiger partial charge in [0.05, 0.1) is 30.8 Å². The fourth-order valence-electron chi connectivity index (χ4n) is 2.93. The maximum Gasteiger partial charge on any atom is 0.336 e. The van der Waals surface area contributed by atoms with Crippen molar-refractivity contribution in [1.82, 2.24) is 5.32 Å². The summed E-state index contributed by atoms with van der Waals surface area (Å²) in [6, 6.07) is 7.11. The summed E-state index contributed by atoms with van der Waals surface area (Å²) in [6.07, 6.45) is 0. The molecular weight excluding hydrogens is 308 g/mol. The highest BCUT2D eigenvalue weighted by atomic mass is 16.5. The average molecular weight is 330 g/mol. The molecule has 0 amide bonds. The van der Waals surface area contributed by atoms with E-state index in [-0.39, 0.29) is 6.61 Å². The number of ether oxygens (including phenoxy) is 2. The molecule has 0 saturated heterocycles. The van der Waals surface area contributed by atoms with Crippen molar-refractivity contribution < 1.29 is 19.1 Å². The van der Waals surface area contributed by atoms with Crippen molar-refractivity contribution in [2.75, 3.05) is 19.5 Å². The van der Waals surface area contributed by atoms with Gasteiger partial charge in [0.1, 0.15) is 0 Å². The number of carbonyl (C=O) groups excluding carboxylic acids is 2. The number of nitrogens with one attached hydrogen (secondary N) is 1. The monoisotopic (exact) mass is 330 g/mol. The summed E-state index contributed by atoms with van der Waals surface area (Å²) in [5.74, 6) is -1.56. The molecule has 0 aromatic heterocycles. The Balaban J connectivity index is 2.66. The van der Waals surface area contributed by atoms with Crippen LogP contribution < -0.4 is 11.1 Å². The van der Waals surface area contributed by atoms with Crippen molar-refractivity contribution in [3.63, 3.8) is 0 Å². The fourth-order valence-corrected chi connectivity index (χ4v) is 2.93. The van der Waals surface area contributed by atoms with Gasteiger partial charge in [0.2, 0.25) is 0 Å². The first-order valence-corrected chi connectivity index (χ1v) is 7.70. The van der Waals surface area contributed by atoms with E-state index in [2.05, 4.69) is 5.32 Å². The second-order valence-electron chi connectivity index (χ2n) is 5.52. The Labute approximate surface area is 141 Å². The van der Waals surface area contributed by atoms with Gasteiger partial charge in [-0.25, -0.2) is 9.59 Å². The van der Waals surface area contributed by atoms with Crippen LogP contribution in [0.1, 0.15) is 32.3 Å². The normalized spacial score (nSPS) is 17.4. The van der Waals surface area contributed by atoms with E-state index in [4.69, 9.17) is 15.2 Å². The molecule has 1 aromatic carbocycles. The summed E-state index contributed by atoms with van der Waals surface area (Å²) in [6.45, 7) is 5.54. The Bertz CT molecular complexity index is 734. The van der Waals surface area contributed by atoms with Gasteiger partial charge >= 0.3 is 11.9 Å². The van der Waals surface area contributed by atoms with Crippen molar-refractivity contribution >= 4 is 17.6 Å². The number of anilines is 1. The average Bonchev–Trinajstić information content (AvgIpc) is 2.53. The molecule has 0 bridgehead atoms. The van der Waals surface area contributed by atoms with Gasteiger partial charge in [-0.3, -0.25) is 0 Å². The Morgan fingerprint density at radius 2 is 1.79 bits per heavy atom. The predicted molar refractivity (Wildman–Crippen MR) is 90.8 cm³/mol. The lowest BCUT2D eigenvalue weighted by Crippen LogP contribution is -2.32. The van der Waals surface area contributed by atoms with Gasteiger partial charge < -0.3 is 20.5 Å². The largest absolute Gasteiger partial charge is 0.466 e. The molecule has 0 spiro atoms. The zero-order valence-electron chi connectivity index (χ0n) is 14.3. The van der Waals surface area contributed by atoms with E-state index in [0.29, 0.717) is 28.2 Å². The van der Waals surface area contributed by atoms with Crippen LogP contribution in [0.2, 0.25) is 0 Å². The molecule has 0 radical (unpaired) electrons. The van der Waals surface area contributed by atoms with Gasteiger partial charge in [-0.1, -0.05) is 12.1 Å². The lowest BCUT2D eigenvalue weighted by Gasteiger charge is -2.30. The van der Waals surface area contributed by atoms with E-state index in [1.54, 1.807) is 39.0 Å². The van der Waals surface area contributed by atoms with Gasteiger partial charge in [-0.15, -0.1) is 0 Å². The molecule has 1 aliphatic heterocycles. The molecule has 6 nitrogen and oxygen atoms in total. The van der Waals surface area contributed by atoms with Gasteiger partial charge in [-0.2, -0.15) is 0 Å². The van der Waals surface area contributed by atoms with Crippen molar-refractivity contribution in [3.8, 4) is 0 Å². The lowest BCUT2D eigenvalue weighted by molar-refractivity contribution is -0.139. The van der Waals surface area contributed by atoms with Crippen LogP contribution in [0.15, 0.2) is 46.8 Å². The van der Waals surface area contributed by atoms with E-state index >= 15 is 0 Å². The van der Waals surface area contributed by atoms with Crippen LogP contribution in [-0.2, 0) is 19.1 Å². The summed E-state index contributed by atoms with van der Waals surface area (Å²) < 4.78 is 10.1. The molecule has 1 atom stereocenters. The van der Waals surface area contributed by atoms with Crippen LogP contribution in [0.3, 0.4) is 0 Å². The molecule has 1 aromatic rings. The molecule has 2 rings (SSSR count).